The molecule has 0 spiro atoms. The Hall–Kier alpha value is -0.320. The third-order valence-electron chi connectivity index (χ3n) is 1.50. The summed E-state index contributed by atoms with van der Waals surface area (Å²) < 4.78 is 23.4. The van der Waals surface area contributed by atoms with E-state index in [-0.39, 0.29) is 5.02 Å². The summed E-state index contributed by atoms with van der Waals surface area (Å²) in [6, 6.07) is 2.50. The van der Waals surface area contributed by atoms with E-state index in [9.17, 15) is 4.39 Å². The summed E-state index contributed by atoms with van der Waals surface area (Å²) in [6.07, 6.45) is 0. The number of hydrogen-bond acceptors (Lipinski definition) is 2. The zero-order valence-electron chi connectivity index (χ0n) is 7.52. The number of halogens is 3. The van der Waals surface area contributed by atoms with Crippen LogP contribution in [-0.4, -0.2) is 20.3 Å². The predicted molar refractivity (Wildman–Crippen MR) is 56.5 cm³/mol. The molecule has 0 radical (unpaired) electrons. The lowest BCUT2D eigenvalue weighted by atomic mass is 10.3. The van der Waals surface area contributed by atoms with E-state index < -0.39 is 5.82 Å². The highest BCUT2D eigenvalue weighted by atomic mass is 79.9. The minimum atomic E-state index is -0.402. The highest BCUT2D eigenvalue weighted by Crippen LogP contribution is 2.33. The fraction of sp³-hybridized carbons (Fsp3) is 0.333. The second-order valence-electron chi connectivity index (χ2n) is 2.54. The van der Waals surface area contributed by atoms with Gasteiger partial charge in [0.05, 0.1) is 16.1 Å². The Morgan fingerprint density at radius 3 is 2.71 bits per heavy atom. The first-order chi connectivity index (χ1) is 6.65. The van der Waals surface area contributed by atoms with E-state index in [0.29, 0.717) is 23.4 Å². The molecule has 1 aromatic carbocycles. The smallest absolute Gasteiger partial charge is 0.152 e. The Morgan fingerprint density at radius 2 is 2.14 bits per heavy atom. The Labute approximate surface area is 95.1 Å². The lowest BCUT2D eigenvalue weighted by Crippen LogP contribution is -2.05. The molecule has 78 valence electrons. The molecule has 0 amide bonds. The zero-order chi connectivity index (χ0) is 10.6. The van der Waals surface area contributed by atoms with Gasteiger partial charge in [0.2, 0.25) is 0 Å². The molecule has 0 saturated carbocycles. The van der Waals surface area contributed by atoms with Crippen molar-refractivity contribution in [3.05, 3.63) is 27.4 Å². The average Bonchev–Trinajstić information content (AvgIpc) is 2.09. The van der Waals surface area contributed by atoms with Crippen LogP contribution in [0.25, 0.3) is 0 Å². The van der Waals surface area contributed by atoms with Crippen molar-refractivity contribution in [2.75, 3.05) is 20.3 Å². The Kier molecular flexibility index (Phi) is 4.65. The molecule has 1 aromatic rings. The van der Waals surface area contributed by atoms with Gasteiger partial charge in [-0.15, -0.1) is 0 Å². The normalized spacial score (nSPS) is 10.3. The molecule has 0 aliphatic heterocycles. The van der Waals surface area contributed by atoms with Crippen LogP contribution in [0.15, 0.2) is 16.6 Å². The molecular weight excluding hydrogens is 274 g/mol. The third-order valence-corrected chi connectivity index (χ3v) is 2.37. The van der Waals surface area contributed by atoms with Crippen molar-refractivity contribution >= 4 is 27.5 Å². The van der Waals surface area contributed by atoms with E-state index in [1.165, 1.54) is 12.1 Å². The van der Waals surface area contributed by atoms with Crippen molar-refractivity contribution in [3.63, 3.8) is 0 Å². The van der Waals surface area contributed by atoms with Crippen LogP contribution in [0.1, 0.15) is 0 Å². The number of rotatable bonds is 4. The molecular formula is C9H9BrClFO2. The molecule has 0 aliphatic rings. The highest BCUT2D eigenvalue weighted by molar-refractivity contribution is 9.10. The number of ether oxygens (including phenoxy) is 2. The van der Waals surface area contributed by atoms with Crippen molar-refractivity contribution in [2.45, 2.75) is 0 Å². The quantitative estimate of drug-likeness (QED) is 0.790. The van der Waals surface area contributed by atoms with E-state index >= 15 is 0 Å². The van der Waals surface area contributed by atoms with Crippen molar-refractivity contribution < 1.29 is 13.9 Å². The fourth-order valence-electron chi connectivity index (χ4n) is 0.894. The maximum absolute atomic E-state index is 12.8. The Morgan fingerprint density at radius 1 is 1.43 bits per heavy atom. The van der Waals surface area contributed by atoms with Gasteiger partial charge >= 0.3 is 0 Å². The van der Waals surface area contributed by atoms with Gasteiger partial charge in [0.1, 0.15) is 12.4 Å². The van der Waals surface area contributed by atoms with Crippen LogP contribution >= 0.6 is 27.5 Å². The molecule has 0 bridgehead atoms. The van der Waals surface area contributed by atoms with E-state index in [2.05, 4.69) is 15.9 Å². The summed E-state index contributed by atoms with van der Waals surface area (Å²) in [6.45, 7) is 0.834. The van der Waals surface area contributed by atoms with Gasteiger partial charge in [0.25, 0.3) is 0 Å². The molecule has 0 saturated heterocycles. The molecule has 5 heteroatoms. The van der Waals surface area contributed by atoms with E-state index in [1.807, 2.05) is 0 Å². The Balaban J connectivity index is 2.75. The summed E-state index contributed by atoms with van der Waals surface area (Å²) in [4.78, 5) is 0. The van der Waals surface area contributed by atoms with Gasteiger partial charge in [-0.3, -0.25) is 0 Å². The standard InChI is InChI=1S/C9H9BrClFO2/c1-13-2-3-14-9-7(10)4-6(12)5-8(9)11/h4-5H,2-3H2,1H3. The van der Waals surface area contributed by atoms with Crippen molar-refractivity contribution in [1.29, 1.82) is 0 Å². The molecule has 2 nitrogen and oxygen atoms in total. The van der Waals surface area contributed by atoms with Crippen molar-refractivity contribution in [3.8, 4) is 5.75 Å². The van der Waals surface area contributed by atoms with E-state index in [4.69, 9.17) is 21.1 Å². The summed E-state index contributed by atoms with van der Waals surface area (Å²) in [5.41, 5.74) is 0. The largest absolute Gasteiger partial charge is 0.488 e. The van der Waals surface area contributed by atoms with Crippen LogP contribution in [0.5, 0.6) is 5.75 Å². The number of methoxy groups -OCH3 is 1. The molecule has 0 heterocycles. The minimum Gasteiger partial charge on any atom is -0.488 e. The summed E-state index contributed by atoms with van der Waals surface area (Å²) in [5, 5.41) is 0.243. The van der Waals surface area contributed by atoms with Crippen LogP contribution in [0.3, 0.4) is 0 Å². The summed E-state index contributed by atoms with van der Waals surface area (Å²) >= 11 is 8.94. The van der Waals surface area contributed by atoms with Crippen molar-refractivity contribution in [1.82, 2.24) is 0 Å². The molecule has 0 unspecified atom stereocenters. The maximum Gasteiger partial charge on any atom is 0.152 e. The first kappa shape index (κ1) is 11.8. The third kappa shape index (κ3) is 3.12. The molecule has 0 N–H and O–H groups in total. The second kappa shape index (κ2) is 5.53. The van der Waals surface area contributed by atoms with Gasteiger partial charge in [-0.05, 0) is 28.1 Å². The predicted octanol–water partition coefficient (Wildman–Crippen LogP) is 3.27. The highest BCUT2D eigenvalue weighted by Gasteiger charge is 2.08. The van der Waals surface area contributed by atoms with E-state index in [1.54, 1.807) is 7.11 Å². The second-order valence-corrected chi connectivity index (χ2v) is 3.80. The topological polar surface area (TPSA) is 18.5 Å². The first-order valence-corrected chi connectivity index (χ1v) is 5.08. The van der Waals surface area contributed by atoms with Gasteiger partial charge < -0.3 is 9.47 Å². The lowest BCUT2D eigenvalue weighted by molar-refractivity contribution is 0.146. The molecule has 14 heavy (non-hydrogen) atoms. The number of hydrogen-bond donors (Lipinski definition) is 0. The molecule has 0 atom stereocenters. The van der Waals surface area contributed by atoms with Gasteiger partial charge in [-0.25, -0.2) is 4.39 Å². The van der Waals surface area contributed by atoms with Gasteiger partial charge in [0.15, 0.2) is 5.75 Å². The van der Waals surface area contributed by atoms with Crippen molar-refractivity contribution in [2.24, 2.45) is 0 Å². The minimum absolute atomic E-state index is 0.243. The van der Waals surface area contributed by atoms with Crippen LogP contribution in [0, 0.1) is 5.82 Å². The van der Waals surface area contributed by atoms with Gasteiger partial charge in [0, 0.05) is 7.11 Å². The molecule has 0 aromatic heterocycles. The van der Waals surface area contributed by atoms with Gasteiger partial charge in [-0.1, -0.05) is 11.6 Å². The van der Waals surface area contributed by atoms with Gasteiger partial charge in [-0.2, -0.15) is 0 Å². The fourth-order valence-corrected chi connectivity index (χ4v) is 1.82. The summed E-state index contributed by atoms with van der Waals surface area (Å²) in [5.74, 6) is 0.0334. The average molecular weight is 284 g/mol. The molecule has 0 fully saturated rings. The van der Waals surface area contributed by atoms with E-state index in [0.717, 1.165) is 0 Å². The van der Waals surface area contributed by atoms with Crippen LogP contribution in [0.4, 0.5) is 4.39 Å². The Bertz CT molecular complexity index is 297. The van der Waals surface area contributed by atoms with Crippen LogP contribution < -0.4 is 4.74 Å². The summed E-state index contributed by atoms with van der Waals surface area (Å²) in [7, 11) is 1.57. The number of benzene rings is 1. The maximum atomic E-state index is 12.8. The molecule has 1 rings (SSSR count). The molecule has 0 aliphatic carbocycles. The SMILES string of the molecule is COCCOc1c(Cl)cc(F)cc1Br. The lowest BCUT2D eigenvalue weighted by Gasteiger charge is -2.09. The van der Waals surface area contributed by atoms with Crippen LogP contribution in [0.2, 0.25) is 5.02 Å². The monoisotopic (exact) mass is 282 g/mol. The van der Waals surface area contributed by atoms with Crippen LogP contribution in [-0.2, 0) is 4.74 Å². The first-order valence-electron chi connectivity index (χ1n) is 3.91. The zero-order valence-corrected chi connectivity index (χ0v) is 9.86.